The third kappa shape index (κ3) is 2.31. The van der Waals surface area contributed by atoms with E-state index in [1.54, 1.807) is 12.1 Å². The molecular formula is C13H19N3O2. The van der Waals surface area contributed by atoms with Crippen LogP contribution in [0, 0.1) is 10.1 Å². The van der Waals surface area contributed by atoms with Crippen LogP contribution in [0.3, 0.4) is 0 Å². The third-order valence-electron chi connectivity index (χ3n) is 3.66. The zero-order valence-electron chi connectivity index (χ0n) is 10.6. The van der Waals surface area contributed by atoms with Gasteiger partial charge in [0.25, 0.3) is 5.69 Å². The van der Waals surface area contributed by atoms with Gasteiger partial charge in [-0.15, -0.1) is 0 Å². The first-order chi connectivity index (χ1) is 8.65. The van der Waals surface area contributed by atoms with Gasteiger partial charge in [0.15, 0.2) is 0 Å². The molecule has 0 bridgehead atoms. The van der Waals surface area contributed by atoms with Crippen LogP contribution in [0.25, 0.3) is 0 Å². The van der Waals surface area contributed by atoms with Gasteiger partial charge in [-0.2, -0.15) is 0 Å². The predicted molar refractivity (Wildman–Crippen MR) is 71.7 cm³/mol. The zero-order chi connectivity index (χ0) is 13.1. The molecule has 0 saturated carbocycles. The molecule has 2 N–H and O–H groups in total. The number of piperidine rings is 1. The Morgan fingerprint density at radius 3 is 2.83 bits per heavy atom. The Morgan fingerprint density at radius 1 is 1.44 bits per heavy atom. The van der Waals surface area contributed by atoms with Crippen molar-refractivity contribution in [1.29, 1.82) is 0 Å². The van der Waals surface area contributed by atoms with Gasteiger partial charge in [0.05, 0.1) is 4.92 Å². The molecule has 0 amide bonds. The lowest BCUT2D eigenvalue weighted by Crippen LogP contribution is -2.49. The number of nitro benzene ring substituents is 1. The van der Waals surface area contributed by atoms with Crippen molar-refractivity contribution in [2.45, 2.75) is 38.3 Å². The van der Waals surface area contributed by atoms with Crippen LogP contribution in [0.4, 0.5) is 11.4 Å². The third-order valence-corrected chi connectivity index (χ3v) is 3.66. The van der Waals surface area contributed by atoms with Crippen molar-refractivity contribution in [2.24, 2.45) is 5.73 Å². The average Bonchev–Trinajstić information content (AvgIpc) is 2.38. The smallest absolute Gasteiger partial charge is 0.292 e. The standard InChI is InChI=1S/C13H19N3O2/c1-10-5-4-6-11(9-14)15(10)12-7-2-3-8-13(12)16(17)18/h2-3,7-8,10-11H,4-6,9,14H2,1H3. The van der Waals surface area contributed by atoms with Crippen LogP contribution in [0.5, 0.6) is 0 Å². The number of para-hydroxylation sites is 2. The predicted octanol–water partition coefficient (Wildman–Crippen LogP) is 2.30. The highest BCUT2D eigenvalue weighted by Crippen LogP contribution is 2.35. The average molecular weight is 249 g/mol. The Kier molecular flexibility index (Phi) is 3.81. The summed E-state index contributed by atoms with van der Waals surface area (Å²) in [5.74, 6) is 0. The van der Waals surface area contributed by atoms with Crippen LogP contribution in [0.15, 0.2) is 24.3 Å². The number of nitrogens with zero attached hydrogens (tertiary/aromatic N) is 2. The molecule has 2 unspecified atom stereocenters. The van der Waals surface area contributed by atoms with Crippen LogP contribution >= 0.6 is 0 Å². The molecular weight excluding hydrogens is 230 g/mol. The Labute approximate surface area is 107 Å². The van der Waals surface area contributed by atoms with Gasteiger partial charge in [-0.05, 0) is 32.3 Å². The molecule has 1 aromatic rings. The Hall–Kier alpha value is -1.62. The normalized spacial score (nSPS) is 24.0. The fourth-order valence-corrected chi connectivity index (χ4v) is 2.79. The molecule has 5 nitrogen and oxygen atoms in total. The van der Waals surface area contributed by atoms with Crippen molar-refractivity contribution < 1.29 is 4.92 Å². The van der Waals surface area contributed by atoms with Crippen molar-refractivity contribution in [2.75, 3.05) is 11.4 Å². The molecule has 0 radical (unpaired) electrons. The number of rotatable bonds is 3. The maximum Gasteiger partial charge on any atom is 0.292 e. The van der Waals surface area contributed by atoms with E-state index in [1.165, 1.54) is 0 Å². The van der Waals surface area contributed by atoms with Gasteiger partial charge in [-0.3, -0.25) is 10.1 Å². The monoisotopic (exact) mass is 249 g/mol. The van der Waals surface area contributed by atoms with E-state index in [9.17, 15) is 10.1 Å². The molecule has 0 spiro atoms. The molecule has 1 saturated heterocycles. The first-order valence-electron chi connectivity index (χ1n) is 6.37. The lowest BCUT2D eigenvalue weighted by atomic mass is 9.95. The number of nitrogens with two attached hydrogens (primary N) is 1. The van der Waals surface area contributed by atoms with Crippen LogP contribution in [-0.4, -0.2) is 23.6 Å². The molecule has 2 atom stereocenters. The minimum Gasteiger partial charge on any atom is -0.359 e. The highest BCUT2D eigenvalue weighted by atomic mass is 16.6. The zero-order valence-corrected chi connectivity index (χ0v) is 10.6. The second kappa shape index (κ2) is 5.35. The molecule has 98 valence electrons. The fourth-order valence-electron chi connectivity index (χ4n) is 2.79. The summed E-state index contributed by atoms with van der Waals surface area (Å²) in [6.45, 7) is 2.65. The summed E-state index contributed by atoms with van der Waals surface area (Å²) in [6.07, 6.45) is 3.20. The van der Waals surface area contributed by atoms with Crippen molar-refractivity contribution in [3.8, 4) is 0 Å². The maximum absolute atomic E-state index is 11.1. The van der Waals surface area contributed by atoms with E-state index >= 15 is 0 Å². The molecule has 18 heavy (non-hydrogen) atoms. The lowest BCUT2D eigenvalue weighted by Gasteiger charge is -2.41. The van der Waals surface area contributed by atoms with E-state index in [2.05, 4.69) is 11.8 Å². The SMILES string of the molecule is CC1CCCC(CN)N1c1ccccc1[N+](=O)[O-]. The van der Waals surface area contributed by atoms with E-state index in [0.29, 0.717) is 18.3 Å². The molecule has 1 aromatic carbocycles. The summed E-state index contributed by atoms with van der Waals surface area (Å²) < 4.78 is 0. The maximum atomic E-state index is 11.1. The molecule has 1 aliphatic heterocycles. The van der Waals surface area contributed by atoms with Gasteiger partial charge in [0, 0.05) is 24.7 Å². The first kappa shape index (κ1) is 12.8. The van der Waals surface area contributed by atoms with Gasteiger partial charge < -0.3 is 10.6 Å². The fraction of sp³-hybridized carbons (Fsp3) is 0.538. The highest BCUT2D eigenvalue weighted by molar-refractivity contribution is 5.64. The number of benzene rings is 1. The first-order valence-corrected chi connectivity index (χ1v) is 6.37. The number of hydrogen-bond acceptors (Lipinski definition) is 4. The summed E-state index contributed by atoms with van der Waals surface area (Å²) >= 11 is 0. The van der Waals surface area contributed by atoms with Gasteiger partial charge in [-0.25, -0.2) is 0 Å². The van der Waals surface area contributed by atoms with E-state index in [-0.39, 0.29) is 16.7 Å². The number of nitro groups is 1. The summed E-state index contributed by atoms with van der Waals surface area (Å²) in [7, 11) is 0. The molecule has 0 aromatic heterocycles. The highest BCUT2D eigenvalue weighted by Gasteiger charge is 2.31. The van der Waals surface area contributed by atoms with Gasteiger partial charge in [0.2, 0.25) is 0 Å². The van der Waals surface area contributed by atoms with Crippen molar-refractivity contribution in [3.63, 3.8) is 0 Å². The van der Waals surface area contributed by atoms with Gasteiger partial charge in [0.1, 0.15) is 5.69 Å². The second-order valence-electron chi connectivity index (χ2n) is 4.82. The Bertz CT molecular complexity index is 436. The molecule has 1 aliphatic rings. The largest absolute Gasteiger partial charge is 0.359 e. The van der Waals surface area contributed by atoms with Crippen LogP contribution in [0.1, 0.15) is 26.2 Å². The van der Waals surface area contributed by atoms with Crippen LogP contribution in [-0.2, 0) is 0 Å². The number of hydrogen-bond donors (Lipinski definition) is 1. The van der Waals surface area contributed by atoms with Crippen LogP contribution in [0.2, 0.25) is 0 Å². The van der Waals surface area contributed by atoms with E-state index < -0.39 is 0 Å². The van der Waals surface area contributed by atoms with Crippen molar-refractivity contribution in [1.82, 2.24) is 0 Å². The summed E-state index contributed by atoms with van der Waals surface area (Å²) in [4.78, 5) is 12.9. The van der Waals surface area contributed by atoms with Crippen molar-refractivity contribution in [3.05, 3.63) is 34.4 Å². The van der Waals surface area contributed by atoms with Crippen molar-refractivity contribution >= 4 is 11.4 Å². The minimum atomic E-state index is -0.315. The number of anilines is 1. The second-order valence-corrected chi connectivity index (χ2v) is 4.82. The topological polar surface area (TPSA) is 72.4 Å². The molecule has 2 rings (SSSR count). The van der Waals surface area contributed by atoms with Crippen LogP contribution < -0.4 is 10.6 Å². The Morgan fingerprint density at radius 2 is 2.17 bits per heavy atom. The van der Waals surface area contributed by atoms with E-state index in [0.717, 1.165) is 19.3 Å². The molecule has 1 fully saturated rings. The summed E-state index contributed by atoms with van der Waals surface area (Å²) in [6, 6.07) is 7.43. The summed E-state index contributed by atoms with van der Waals surface area (Å²) in [5, 5.41) is 11.1. The Balaban J connectivity index is 2.41. The quantitative estimate of drug-likeness (QED) is 0.659. The lowest BCUT2D eigenvalue weighted by molar-refractivity contribution is -0.384. The van der Waals surface area contributed by atoms with Gasteiger partial charge in [-0.1, -0.05) is 12.1 Å². The molecule has 1 heterocycles. The minimum absolute atomic E-state index is 0.171. The molecule has 5 heteroatoms. The van der Waals surface area contributed by atoms with E-state index in [4.69, 9.17) is 5.73 Å². The van der Waals surface area contributed by atoms with E-state index in [1.807, 2.05) is 12.1 Å². The van der Waals surface area contributed by atoms with Gasteiger partial charge >= 0.3 is 0 Å². The summed E-state index contributed by atoms with van der Waals surface area (Å²) in [5.41, 5.74) is 6.68. The molecule has 0 aliphatic carbocycles.